The third-order valence-corrected chi connectivity index (χ3v) is 4.74. The summed E-state index contributed by atoms with van der Waals surface area (Å²) in [4.78, 5) is 15.2. The third kappa shape index (κ3) is 3.14. The summed E-state index contributed by atoms with van der Waals surface area (Å²) >= 11 is 1.50. The molecule has 0 radical (unpaired) electrons. The average molecular weight is 318 g/mol. The second kappa shape index (κ2) is 6.91. The van der Waals surface area contributed by atoms with Gasteiger partial charge in [0.25, 0.3) is 5.91 Å². The maximum absolute atomic E-state index is 12.0. The Morgan fingerprint density at radius 2 is 1.95 bits per heavy atom. The highest BCUT2D eigenvalue weighted by Gasteiger charge is 2.23. The molecule has 116 valence electrons. The van der Waals surface area contributed by atoms with E-state index in [0.29, 0.717) is 0 Å². The zero-order valence-corrected chi connectivity index (χ0v) is 12.9. The van der Waals surface area contributed by atoms with E-state index in [0.717, 1.165) is 42.4 Å². The fourth-order valence-electron chi connectivity index (χ4n) is 2.66. The number of carbonyl (C=O) groups excluding carboxylic acids is 1. The monoisotopic (exact) mass is 318 g/mol. The van der Waals surface area contributed by atoms with Crippen molar-refractivity contribution in [1.82, 2.24) is 5.48 Å². The van der Waals surface area contributed by atoms with Gasteiger partial charge in [0.2, 0.25) is 0 Å². The van der Waals surface area contributed by atoms with Crippen molar-refractivity contribution in [3.8, 4) is 0 Å². The van der Waals surface area contributed by atoms with Gasteiger partial charge in [-0.1, -0.05) is 18.2 Å². The molecule has 1 unspecified atom stereocenters. The molecule has 22 heavy (non-hydrogen) atoms. The zero-order valence-electron chi connectivity index (χ0n) is 12.1. The second-order valence-corrected chi connectivity index (χ2v) is 6.09. The number of hydrogen-bond acceptors (Lipinski definition) is 5. The van der Waals surface area contributed by atoms with Gasteiger partial charge < -0.3 is 9.64 Å². The molecule has 2 heterocycles. The van der Waals surface area contributed by atoms with Crippen LogP contribution in [-0.4, -0.2) is 37.4 Å². The number of nitrogens with zero attached hydrogens (tertiary/aromatic N) is 1. The van der Waals surface area contributed by atoms with E-state index in [9.17, 15) is 4.79 Å². The molecular weight excluding hydrogens is 300 g/mol. The van der Waals surface area contributed by atoms with Crippen LogP contribution in [0, 0.1) is 0 Å². The van der Waals surface area contributed by atoms with E-state index in [1.807, 2.05) is 41.8 Å². The molecule has 1 aromatic carbocycles. The fourth-order valence-corrected chi connectivity index (χ4v) is 3.51. The maximum atomic E-state index is 12.0. The SMILES string of the molecule is O=C(NO)C(c1ccc(N2CCOCC2)cc1)c1cccs1. The predicted octanol–water partition coefficient (Wildman–Crippen LogP) is 2.22. The Balaban J connectivity index is 1.84. The molecule has 0 bridgehead atoms. The lowest BCUT2D eigenvalue weighted by Gasteiger charge is -2.29. The summed E-state index contributed by atoms with van der Waals surface area (Å²) in [6, 6.07) is 11.7. The van der Waals surface area contributed by atoms with Crippen molar-refractivity contribution in [2.24, 2.45) is 0 Å². The minimum absolute atomic E-state index is 0.415. The van der Waals surface area contributed by atoms with E-state index in [2.05, 4.69) is 4.90 Å². The van der Waals surface area contributed by atoms with Crippen LogP contribution in [0.3, 0.4) is 0 Å². The number of anilines is 1. The molecule has 2 aromatic rings. The minimum atomic E-state index is -0.483. The molecule has 5 nitrogen and oxygen atoms in total. The number of thiophene rings is 1. The molecule has 1 aromatic heterocycles. The van der Waals surface area contributed by atoms with Crippen molar-refractivity contribution < 1.29 is 14.7 Å². The highest BCUT2D eigenvalue weighted by Crippen LogP contribution is 2.30. The maximum Gasteiger partial charge on any atom is 0.256 e. The molecular formula is C16H18N2O3S. The summed E-state index contributed by atoms with van der Waals surface area (Å²) in [6.45, 7) is 3.24. The van der Waals surface area contributed by atoms with Gasteiger partial charge in [0, 0.05) is 23.7 Å². The Kier molecular flexibility index (Phi) is 4.72. The van der Waals surface area contributed by atoms with E-state index < -0.39 is 11.8 Å². The van der Waals surface area contributed by atoms with Crippen LogP contribution in [0.4, 0.5) is 5.69 Å². The lowest BCUT2D eigenvalue weighted by atomic mass is 9.96. The van der Waals surface area contributed by atoms with Crippen LogP contribution >= 0.6 is 11.3 Å². The minimum Gasteiger partial charge on any atom is -0.378 e. The van der Waals surface area contributed by atoms with Crippen molar-refractivity contribution in [3.63, 3.8) is 0 Å². The van der Waals surface area contributed by atoms with E-state index >= 15 is 0 Å². The summed E-state index contributed by atoms with van der Waals surface area (Å²) in [5, 5.41) is 10.9. The predicted molar refractivity (Wildman–Crippen MR) is 85.6 cm³/mol. The van der Waals surface area contributed by atoms with Gasteiger partial charge in [-0.05, 0) is 29.1 Å². The number of rotatable bonds is 4. The van der Waals surface area contributed by atoms with Crippen molar-refractivity contribution >= 4 is 22.9 Å². The lowest BCUT2D eigenvalue weighted by Crippen LogP contribution is -2.36. The molecule has 1 atom stereocenters. The molecule has 2 N–H and O–H groups in total. The van der Waals surface area contributed by atoms with E-state index in [1.54, 1.807) is 5.48 Å². The third-order valence-electron chi connectivity index (χ3n) is 3.80. The Bertz CT molecular complexity index is 607. The van der Waals surface area contributed by atoms with E-state index in [-0.39, 0.29) is 0 Å². The quantitative estimate of drug-likeness (QED) is 0.670. The molecule has 3 rings (SSSR count). The van der Waals surface area contributed by atoms with E-state index in [1.165, 1.54) is 11.3 Å². The van der Waals surface area contributed by atoms with Crippen LogP contribution in [0.1, 0.15) is 16.4 Å². The first-order chi connectivity index (χ1) is 10.8. The highest BCUT2D eigenvalue weighted by molar-refractivity contribution is 7.10. The Morgan fingerprint density at radius 3 is 2.55 bits per heavy atom. The summed E-state index contributed by atoms with van der Waals surface area (Å²) in [5.41, 5.74) is 3.76. The molecule has 0 saturated carbocycles. The molecule has 6 heteroatoms. The van der Waals surface area contributed by atoms with Gasteiger partial charge in [-0.2, -0.15) is 0 Å². The first kappa shape index (κ1) is 15.0. The van der Waals surface area contributed by atoms with Gasteiger partial charge in [-0.3, -0.25) is 10.0 Å². The fraction of sp³-hybridized carbons (Fsp3) is 0.312. The Hall–Kier alpha value is -1.89. The normalized spacial score (nSPS) is 16.3. The number of hydrogen-bond donors (Lipinski definition) is 2. The highest BCUT2D eigenvalue weighted by atomic mass is 32.1. The van der Waals surface area contributed by atoms with Crippen LogP contribution in [-0.2, 0) is 9.53 Å². The first-order valence-corrected chi connectivity index (χ1v) is 8.07. The molecule has 1 aliphatic rings. The zero-order chi connectivity index (χ0) is 15.4. The summed E-state index contributed by atoms with van der Waals surface area (Å²) in [7, 11) is 0. The van der Waals surface area contributed by atoms with E-state index in [4.69, 9.17) is 9.94 Å². The van der Waals surface area contributed by atoms with Crippen LogP contribution in [0.2, 0.25) is 0 Å². The lowest BCUT2D eigenvalue weighted by molar-refractivity contribution is -0.129. The smallest absolute Gasteiger partial charge is 0.256 e. The van der Waals surface area contributed by atoms with Crippen LogP contribution in [0.15, 0.2) is 41.8 Å². The van der Waals surface area contributed by atoms with Gasteiger partial charge >= 0.3 is 0 Å². The first-order valence-electron chi connectivity index (χ1n) is 7.19. The van der Waals surface area contributed by atoms with Crippen LogP contribution in [0.25, 0.3) is 0 Å². The molecule has 0 aliphatic carbocycles. The van der Waals surface area contributed by atoms with Gasteiger partial charge in [0.15, 0.2) is 0 Å². The van der Waals surface area contributed by atoms with Gasteiger partial charge in [0.05, 0.1) is 19.1 Å². The van der Waals surface area contributed by atoms with Crippen molar-refractivity contribution in [1.29, 1.82) is 0 Å². The van der Waals surface area contributed by atoms with Gasteiger partial charge in [-0.25, -0.2) is 5.48 Å². The summed E-state index contributed by atoms with van der Waals surface area (Å²) in [6.07, 6.45) is 0. The van der Waals surface area contributed by atoms with Crippen LogP contribution < -0.4 is 10.4 Å². The topological polar surface area (TPSA) is 61.8 Å². The van der Waals surface area contributed by atoms with Gasteiger partial charge in [0.1, 0.15) is 0 Å². The number of carbonyl (C=O) groups is 1. The average Bonchev–Trinajstić information content (AvgIpc) is 3.10. The Labute approximate surface area is 133 Å². The standard InChI is InChI=1S/C16H18N2O3S/c19-16(17-20)15(14-2-1-11-22-14)12-3-5-13(6-4-12)18-7-9-21-10-8-18/h1-6,11,15,20H,7-10H2,(H,17,19). The molecule has 1 aliphatic heterocycles. The number of nitrogens with one attached hydrogen (secondary N) is 1. The summed E-state index contributed by atoms with van der Waals surface area (Å²) < 4.78 is 5.36. The van der Waals surface area contributed by atoms with Crippen molar-refractivity contribution in [2.75, 3.05) is 31.2 Å². The van der Waals surface area contributed by atoms with Crippen molar-refractivity contribution in [2.45, 2.75) is 5.92 Å². The number of benzene rings is 1. The van der Waals surface area contributed by atoms with Gasteiger partial charge in [-0.15, -0.1) is 11.3 Å². The summed E-state index contributed by atoms with van der Waals surface area (Å²) in [5.74, 6) is -0.898. The number of amides is 1. The Morgan fingerprint density at radius 1 is 1.23 bits per heavy atom. The molecule has 0 spiro atoms. The molecule has 1 fully saturated rings. The van der Waals surface area contributed by atoms with Crippen molar-refractivity contribution in [3.05, 3.63) is 52.2 Å². The van der Waals surface area contributed by atoms with Crippen LogP contribution in [0.5, 0.6) is 0 Å². The molecule has 1 saturated heterocycles. The second-order valence-electron chi connectivity index (χ2n) is 5.12. The largest absolute Gasteiger partial charge is 0.378 e. The molecule has 1 amide bonds. The number of morpholine rings is 1. The number of ether oxygens (including phenoxy) is 1. The number of hydroxylamine groups is 1.